The van der Waals surface area contributed by atoms with Crippen LogP contribution in [0.5, 0.6) is 0 Å². The van der Waals surface area contributed by atoms with Crippen LogP contribution in [0.15, 0.2) is 18.2 Å². The van der Waals surface area contributed by atoms with Crippen LogP contribution in [-0.2, 0) is 5.41 Å². The van der Waals surface area contributed by atoms with E-state index in [1.165, 1.54) is 11.1 Å². The van der Waals surface area contributed by atoms with Crippen molar-refractivity contribution in [2.75, 3.05) is 5.73 Å². The molecular formula is C17H23N3. The molecule has 1 heterocycles. The van der Waals surface area contributed by atoms with Crippen molar-refractivity contribution in [3.8, 4) is 11.3 Å². The average molecular weight is 269 g/mol. The Bertz CT molecular complexity index is 652. The predicted octanol–water partition coefficient (Wildman–Crippen LogP) is 3.95. The van der Waals surface area contributed by atoms with Gasteiger partial charge in [-0.25, -0.2) is 9.97 Å². The molecule has 0 spiro atoms. The first kappa shape index (κ1) is 14.5. The minimum Gasteiger partial charge on any atom is -0.395 e. The maximum atomic E-state index is 6.19. The molecule has 0 aliphatic heterocycles. The largest absolute Gasteiger partial charge is 0.395 e. The summed E-state index contributed by atoms with van der Waals surface area (Å²) in [5, 5.41) is 0. The summed E-state index contributed by atoms with van der Waals surface area (Å²) < 4.78 is 0. The van der Waals surface area contributed by atoms with Crippen molar-refractivity contribution in [1.82, 2.24) is 9.97 Å². The molecule has 1 aromatic carbocycles. The van der Waals surface area contributed by atoms with Gasteiger partial charge in [0, 0.05) is 5.56 Å². The molecule has 0 bridgehead atoms. The molecule has 20 heavy (non-hydrogen) atoms. The average Bonchev–Trinajstić information content (AvgIpc) is 2.33. The molecule has 0 saturated carbocycles. The highest BCUT2D eigenvalue weighted by atomic mass is 14.9. The van der Waals surface area contributed by atoms with Gasteiger partial charge in [-0.1, -0.05) is 32.9 Å². The van der Waals surface area contributed by atoms with Crippen molar-refractivity contribution >= 4 is 5.69 Å². The highest BCUT2D eigenvalue weighted by molar-refractivity contribution is 5.76. The molecule has 2 N–H and O–H groups in total. The van der Waals surface area contributed by atoms with E-state index in [1.807, 2.05) is 13.8 Å². The number of hydrogen-bond acceptors (Lipinski definition) is 3. The molecule has 1 aromatic heterocycles. The summed E-state index contributed by atoms with van der Waals surface area (Å²) in [7, 11) is 0. The summed E-state index contributed by atoms with van der Waals surface area (Å²) in [5.74, 6) is 0.757. The van der Waals surface area contributed by atoms with Crippen LogP contribution < -0.4 is 5.73 Å². The van der Waals surface area contributed by atoms with E-state index in [4.69, 9.17) is 5.73 Å². The van der Waals surface area contributed by atoms with E-state index < -0.39 is 0 Å². The Hall–Kier alpha value is -1.90. The molecule has 0 aliphatic rings. The zero-order chi connectivity index (χ0) is 15.1. The van der Waals surface area contributed by atoms with Gasteiger partial charge >= 0.3 is 0 Å². The minimum atomic E-state index is 0.105. The number of benzene rings is 1. The van der Waals surface area contributed by atoms with Crippen molar-refractivity contribution in [3.05, 3.63) is 40.8 Å². The molecule has 2 aromatic rings. The van der Waals surface area contributed by atoms with Gasteiger partial charge in [0.05, 0.1) is 17.1 Å². The van der Waals surface area contributed by atoms with Crippen LogP contribution in [0.3, 0.4) is 0 Å². The molecular weight excluding hydrogens is 246 g/mol. The van der Waals surface area contributed by atoms with E-state index in [1.54, 1.807) is 0 Å². The van der Waals surface area contributed by atoms with E-state index in [0.717, 1.165) is 22.8 Å². The van der Waals surface area contributed by atoms with E-state index in [0.29, 0.717) is 5.69 Å². The standard InChI is InChI=1S/C17H23N3/c1-10-7-8-13(17(4,5)6)9-14(10)16-15(18)11(2)19-12(3)20-16/h7-9H,18H2,1-6H3. The number of aryl methyl sites for hydroxylation is 3. The molecule has 0 aliphatic carbocycles. The Labute approximate surface area is 121 Å². The normalized spacial score (nSPS) is 11.7. The van der Waals surface area contributed by atoms with Gasteiger partial charge in [0.2, 0.25) is 0 Å². The van der Waals surface area contributed by atoms with Crippen LogP contribution in [0, 0.1) is 20.8 Å². The first-order chi connectivity index (χ1) is 9.20. The zero-order valence-corrected chi connectivity index (χ0v) is 13.2. The minimum absolute atomic E-state index is 0.105. The summed E-state index contributed by atoms with van der Waals surface area (Å²) in [6, 6.07) is 6.52. The van der Waals surface area contributed by atoms with Crippen LogP contribution in [0.4, 0.5) is 5.69 Å². The van der Waals surface area contributed by atoms with Crippen molar-refractivity contribution in [2.24, 2.45) is 0 Å². The first-order valence-corrected chi connectivity index (χ1v) is 6.92. The Morgan fingerprint density at radius 3 is 2.25 bits per heavy atom. The van der Waals surface area contributed by atoms with E-state index in [-0.39, 0.29) is 5.41 Å². The number of hydrogen-bond donors (Lipinski definition) is 1. The lowest BCUT2D eigenvalue weighted by Crippen LogP contribution is -2.11. The van der Waals surface area contributed by atoms with Crippen LogP contribution in [0.2, 0.25) is 0 Å². The van der Waals surface area contributed by atoms with Gasteiger partial charge in [-0.15, -0.1) is 0 Å². The summed E-state index contributed by atoms with van der Waals surface area (Å²) in [6.07, 6.45) is 0. The zero-order valence-electron chi connectivity index (χ0n) is 13.2. The molecule has 0 unspecified atom stereocenters. The van der Waals surface area contributed by atoms with Gasteiger partial charge in [0.1, 0.15) is 5.82 Å². The first-order valence-electron chi connectivity index (χ1n) is 6.92. The van der Waals surface area contributed by atoms with Crippen molar-refractivity contribution in [3.63, 3.8) is 0 Å². The van der Waals surface area contributed by atoms with Gasteiger partial charge in [0.15, 0.2) is 0 Å². The SMILES string of the molecule is Cc1nc(C)c(N)c(-c2cc(C(C)(C)C)ccc2C)n1. The lowest BCUT2D eigenvalue weighted by atomic mass is 9.84. The van der Waals surface area contributed by atoms with Gasteiger partial charge in [-0.3, -0.25) is 0 Å². The molecule has 0 radical (unpaired) electrons. The monoisotopic (exact) mass is 269 g/mol. The number of aromatic nitrogens is 2. The number of nitrogens with two attached hydrogens (primary N) is 1. The van der Waals surface area contributed by atoms with Crippen molar-refractivity contribution in [2.45, 2.75) is 47.0 Å². The van der Waals surface area contributed by atoms with Crippen LogP contribution in [0.1, 0.15) is 43.4 Å². The summed E-state index contributed by atoms with van der Waals surface area (Å²) in [4.78, 5) is 8.88. The number of nitrogens with zero attached hydrogens (tertiary/aromatic N) is 2. The molecule has 3 nitrogen and oxygen atoms in total. The lowest BCUT2D eigenvalue weighted by molar-refractivity contribution is 0.590. The molecule has 2 rings (SSSR count). The topological polar surface area (TPSA) is 51.8 Å². The van der Waals surface area contributed by atoms with Crippen molar-refractivity contribution < 1.29 is 0 Å². The van der Waals surface area contributed by atoms with E-state index in [2.05, 4.69) is 55.9 Å². The Morgan fingerprint density at radius 1 is 1.00 bits per heavy atom. The molecule has 0 amide bonds. The molecule has 0 saturated heterocycles. The Balaban J connectivity index is 2.70. The molecule has 3 heteroatoms. The smallest absolute Gasteiger partial charge is 0.126 e. The summed E-state index contributed by atoms with van der Waals surface area (Å²) >= 11 is 0. The number of anilines is 1. The third kappa shape index (κ3) is 2.67. The highest BCUT2D eigenvalue weighted by Crippen LogP contribution is 2.32. The lowest BCUT2D eigenvalue weighted by Gasteiger charge is -2.21. The Morgan fingerprint density at radius 2 is 1.65 bits per heavy atom. The second-order valence-electron chi connectivity index (χ2n) is 6.40. The maximum absolute atomic E-state index is 6.19. The van der Waals surface area contributed by atoms with Crippen molar-refractivity contribution in [1.29, 1.82) is 0 Å². The number of rotatable bonds is 1. The highest BCUT2D eigenvalue weighted by Gasteiger charge is 2.17. The fraction of sp³-hybridized carbons (Fsp3) is 0.412. The van der Waals surface area contributed by atoms with Crippen LogP contribution >= 0.6 is 0 Å². The van der Waals surface area contributed by atoms with Gasteiger partial charge in [-0.05, 0) is 43.4 Å². The van der Waals surface area contributed by atoms with E-state index >= 15 is 0 Å². The van der Waals surface area contributed by atoms with Gasteiger partial charge in [-0.2, -0.15) is 0 Å². The Kier molecular flexibility index (Phi) is 3.55. The van der Waals surface area contributed by atoms with Gasteiger partial charge in [0.25, 0.3) is 0 Å². The molecule has 0 atom stereocenters. The van der Waals surface area contributed by atoms with Crippen LogP contribution in [-0.4, -0.2) is 9.97 Å². The summed E-state index contributed by atoms with van der Waals surface area (Å²) in [6.45, 7) is 12.5. The quantitative estimate of drug-likeness (QED) is 0.852. The molecule has 106 valence electrons. The third-order valence-electron chi connectivity index (χ3n) is 3.61. The fourth-order valence-corrected chi connectivity index (χ4v) is 2.27. The maximum Gasteiger partial charge on any atom is 0.126 e. The second kappa shape index (κ2) is 4.89. The second-order valence-corrected chi connectivity index (χ2v) is 6.40. The third-order valence-corrected chi connectivity index (χ3v) is 3.61. The van der Waals surface area contributed by atoms with Crippen LogP contribution in [0.25, 0.3) is 11.3 Å². The number of nitrogen functional groups attached to an aromatic ring is 1. The fourth-order valence-electron chi connectivity index (χ4n) is 2.27. The van der Waals surface area contributed by atoms with Gasteiger partial charge < -0.3 is 5.73 Å². The molecule has 0 fully saturated rings. The van der Waals surface area contributed by atoms with E-state index in [9.17, 15) is 0 Å². The summed E-state index contributed by atoms with van der Waals surface area (Å²) in [5.41, 5.74) is 12.2. The predicted molar refractivity (Wildman–Crippen MR) is 84.8 cm³/mol.